The van der Waals surface area contributed by atoms with Crippen LogP contribution in [0.4, 0.5) is 0 Å². The van der Waals surface area contributed by atoms with Crippen molar-refractivity contribution in [2.45, 2.75) is 39.0 Å². The summed E-state index contributed by atoms with van der Waals surface area (Å²) in [7, 11) is 0. The molecule has 2 N–H and O–H groups in total. The maximum absolute atomic E-state index is 12.4. The summed E-state index contributed by atoms with van der Waals surface area (Å²) in [6, 6.07) is 16.9. The Morgan fingerprint density at radius 3 is 2.44 bits per heavy atom. The van der Waals surface area contributed by atoms with E-state index >= 15 is 0 Å². The largest absolute Gasteiger partial charge is 0.380 e. The number of para-hydroxylation sites is 2. The Morgan fingerprint density at radius 1 is 1.12 bits per heavy atom. The summed E-state index contributed by atoms with van der Waals surface area (Å²) >= 11 is 0. The molecule has 0 saturated carbocycles. The van der Waals surface area contributed by atoms with Crippen LogP contribution in [-0.2, 0) is 11.3 Å². The Kier molecular flexibility index (Phi) is 4.59. The lowest BCUT2D eigenvalue weighted by Crippen LogP contribution is -2.42. The van der Waals surface area contributed by atoms with Gasteiger partial charge in [-0.3, -0.25) is 4.79 Å². The molecule has 0 unspecified atom stereocenters. The van der Waals surface area contributed by atoms with Gasteiger partial charge in [0.05, 0.1) is 11.0 Å². The van der Waals surface area contributed by atoms with E-state index in [1.807, 2.05) is 75.4 Å². The zero-order valence-corrected chi connectivity index (χ0v) is 14.7. The molecule has 5 nitrogen and oxygen atoms in total. The average molecular weight is 337 g/mol. The molecule has 2 aromatic carbocycles. The van der Waals surface area contributed by atoms with E-state index in [4.69, 9.17) is 0 Å². The van der Waals surface area contributed by atoms with Crippen molar-refractivity contribution in [2.75, 3.05) is 0 Å². The molecule has 1 aromatic heterocycles. The number of benzene rings is 2. The number of aliphatic hydroxyl groups excluding tert-OH is 1. The number of aromatic nitrogens is 2. The van der Waals surface area contributed by atoms with E-state index in [-0.39, 0.29) is 18.0 Å². The minimum Gasteiger partial charge on any atom is -0.380 e. The Morgan fingerprint density at radius 2 is 1.76 bits per heavy atom. The van der Waals surface area contributed by atoms with Crippen molar-refractivity contribution in [1.82, 2.24) is 14.9 Å². The normalized spacial score (nSPS) is 13.0. The van der Waals surface area contributed by atoms with Crippen LogP contribution in [0, 0.1) is 0 Å². The standard InChI is InChI=1S/C20H23N3O2/c1-20(2,3)22-17(24)13-23-16-12-8-7-11-15(16)21-19(23)18(25)14-9-5-4-6-10-14/h4-12,18,25H,13H2,1-3H3,(H,22,24)/t18-/m0/s1. The molecule has 0 radical (unpaired) electrons. The monoisotopic (exact) mass is 337 g/mol. The summed E-state index contributed by atoms with van der Waals surface area (Å²) in [5.41, 5.74) is 2.02. The first-order chi connectivity index (χ1) is 11.8. The number of imidazole rings is 1. The topological polar surface area (TPSA) is 67.2 Å². The second-order valence-electron chi connectivity index (χ2n) is 7.16. The molecule has 0 aliphatic rings. The van der Waals surface area contributed by atoms with Gasteiger partial charge in [0.2, 0.25) is 5.91 Å². The fraction of sp³-hybridized carbons (Fsp3) is 0.300. The van der Waals surface area contributed by atoms with Crippen LogP contribution in [-0.4, -0.2) is 26.1 Å². The van der Waals surface area contributed by atoms with E-state index in [0.717, 1.165) is 16.6 Å². The lowest BCUT2D eigenvalue weighted by atomic mass is 10.1. The number of nitrogens with zero attached hydrogens (tertiary/aromatic N) is 2. The molecule has 0 bridgehead atoms. The molecule has 0 saturated heterocycles. The first-order valence-electron chi connectivity index (χ1n) is 8.34. The van der Waals surface area contributed by atoms with Gasteiger partial charge in [0.25, 0.3) is 0 Å². The summed E-state index contributed by atoms with van der Waals surface area (Å²) in [6.45, 7) is 5.93. The van der Waals surface area contributed by atoms with Crippen molar-refractivity contribution in [1.29, 1.82) is 0 Å². The van der Waals surface area contributed by atoms with Crippen molar-refractivity contribution in [2.24, 2.45) is 0 Å². The first kappa shape index (κ1) is 17.2. The van der Waals surface area contributed by atoms with Gasteiger partial charge in [-0.2, -0.15) is 0 Å². The Hall–Kier alpha value is -2.66. The van der Waals surface area contributed by atoms with Gasteiger partial charge >= 0.3 is 0 Å². The van der Waals surface area contributed by atoms with Crippen molar-refractivity contribution < 1.29 is 9.90 Å². The summed E-state index contributed by atoms with van der Waals surface area (Å²) in [5.74, 6) is 0.355. The predicted molar refractivity (Wildman–Crippen MR) is 98.1 cm³/mol. The lowest BCUT2D eigenvalue weighted by molar-refractivity contribution is -0.123. The van der Waals surface area contributed by atoms with E-state index in [9.17, 15) is 9.90 Å². The SMILES string of the molecule is CC(C)(C)NC(=O)Cn1c([C@@H](O)c2ccccc2)nc2ccccc21. The number of carbonyl (C=O) groups excluding carboxylic acids is 1. The third kappa shape index (κ3) is 3.88. The number of hydrogen-bond donors (Lipinski definition) is 2. The summed E-state index contributed by atoms with van der Waals surface area (Å²) in [4.78, 5) is 17.0. The summed E-state index contributed by atoms with van der Waals surface area (Å²) in [6.07, 6.45) is -0.893. The Labute approximate surface area is 147 Å². The predicted octanol–water partition coefficient (Wildman–Crippen LogP) is 3.03. The van der Waals surface area contributed by atoms with Crippen molar-refractivity contribution in [3.63, 3.8) is 0 Å². The number of aliphatic hydroxyl groups is 1. The molecule has 25 heavy (non-hydrogen) atoms. The molecule has 0 aliphatic carbocycles. The van der Waals surface area contributed by atoms with Crippen LogP contribution in [0.3, 0.4) is 0 Å². The zero-order chi connectivity index (χ0) is 18.0. The number of amides is 1. The van der Waals surface area contributed by atoms with Gasteiger partial charge in [0.15, 0.2) is 0 Å². The maximum Gasteiger partial charge on any atom is 0.240 e. The first-order valence-corrected chi connectivity index (χ1v) is 8.34. The van der Waals surface area contributed by atoms with Crippen LogP contribution in [0.5, 0.6) is 0 Å². The number of rotatable bonds is 4. The molecule has 0 aliphatic heterocycles. The maximum atomic E-state index is 12.4. The Bertz CT molecular complexity index is 879. The van der Waals surface area contributed by atoms with E-state index in [2.05, 4.69) is 10.3 Å². The number of nitrogens with one attached hydrogen (secondary N) is 1. The summed E-state index contributed by atoms with van der Waals surface area (Å²) < 4.78 is 1.79. The number of hydrogen-bond acceptors (Lipinski definition) is 3. The average Bonchev–Trinajstić information content (AvgIpc) is 2.92. The van der Waals surface area contributed by atoms with Gasteiger partial charge in [-0.05, 0) is 38.5 Å². The van der Waals surface area contributed by atoms with Crippen molar-refractivity contribution >= 4 is 16.9 Å². The molecule has 1 heterocycles. The molecule has 130 valence electrons. The van der Waals surface area contributed by atoms with Gasteiger partial charge in [0, 0.05) is 5.54 Å². The molecule has 1 atom stereocenters. The molecule has 3 aromatic rings. The summed E-state index contributed by atoms with van der Waals surface area (Å²) in [5, 5.41) is 13.8. The zero-order valence-electron chi connectivity index (χ0n) is 14.7. The minimum absolute atomic E-state index is 0.108. The minimum atomic E-state index is -0.893. The highest BCUT2D eigenvalue weighted by Crippen LogP contribution is 2.25. The molecule has 5 heteroatoms. The van der Waals surface area contributed by atoms with Crippen LogP contribution in [0.15, 0.2) is 54.6 Å². The van der Waals surface area contributed by atoms with Gasteiger partial charge < -0.3 is 15.0 Å². The smallest absolute Gasteiger partial charge is 0.240 e. The molecular weight excluding hydrogens is 314 g/mol. The Balaban J connectivity index is 2.02. The second-order valence-corrected chi connectivity index (χ2v) is 7.16. The van der Waals surface area contributed by atoms with E-state index in [1.165, 1.54) is 0 Å². The molecule has 3 rings (SSSR count). The molecule has 1 amide bonds. The van der Waals surface area contributed by atoms with Gasteiger partial charge in [0.1, 0.15) is 18.5 Å². The van der Waals surface area contributed by atoms with E-state index in [1.54, 1.807) is 4.57 Å². The van der Waals surface area contributed by atoms with Gasteiger partial charge in [-0.1, -0.05) is 42.5 Å². The second kappa shape index (κ2) is 6.69. The van der Waals surface area contributed by atoms with Gasteiger partial charge in [-0.15, -0.1) is 0 Å². The molecular formula is C20H23N3O2. The lowest BCUT2D eigenvalue weighted by Gasteiger charge is -2.21. The highest BCUT2D eigenvalue weighted by molar-refractivity contribution is 5.81. The van der Waals surface area contributed by atoms with Crippen LogP contribution in [0.2, 0.25) is 0 Å². The van der Waals surface area contributed by atoms with Crippen LogP contribution >= 0.6 is 0 Å². The number of fused-ring (bicyclic) bond motifs is 1. The fourth-order valence-corrected chi connectivity index (χ4v) is 2.85. The van der Waals surface area contributed by atoms with E-state index in [0.29, 0.717) is 5.82 Å². The third-order valence-electron chi connectivity index (χ3n) is 3.86. The van der Waals surface area contributed by atoms with Gasteiger partial charge in [-0.25, -0.2) is 4.98 Å². The highest BCUT2D eigenvalue weighted by Gasteiger charge is 2.22. The van der Waals surface area contributed by atoms with Crippen LogP contribution in [0.25, 0.3) is 11.0 Å². The van der Waals surface area contributed by atoms with E-state index < -0.39 is 6.10 Å². The van der Waals surface area contributed by atoms with Crippen LogP contribution in [0.1, 0.15) is 38.3 Å². The third-order valence-corrected chi connectivity index (χ3v) is 3.86. The van der Waals surface area contributed by atoms with Crippen molar-refractivity contribution in [3.8, 4) is 0 Å². The van der Waals surface area contributed by atoms with Crippen molar-refractivity contribution in [3.05, 3.63) is 66.0 Å². The molecule has 0 fully saturated rings. The molecule has 0 spiro atoms. The quantitative estimate of drug-likeness (QED) is 0.769. The van der Waals surface area contributed by atoms with Crippen LogP contribution < -0.4 is 5.32 Å². The highest BCUT2D eigenvalue weighted by atomic mass is 16.3. The number of carbonyl (C=O) groups is 1. The fourth-order valence-electron chi connectivity index (χ4n) is 2.85.